The second-order valence-corrected chi connectivity index (χ2v) is 9.59. The second-order valence-electron chi connectivity index (χ2n) is 9.59. The van der Waals surface area contributed by atoms with Crippen LogP contribution in [-0.4, -0.2) is 25.6 Å². The lowest BCUT2D eigenvalue weighted by molar-refractivity contribution is 0.409. The highest BCUT2D eigenvalue weighted by molar-refractivity contribution is 5.83. The number of aryl methyl sites for hydroxylation is 1. The van der Waals surface area contributed by atoms with Gasteiger partial charge < -0.3 is 11.1 Å². The molecule has 0 aromatic carbocycles. The molecule has 0 bridgehead atoms. The average Bonchev–Trinajstić information content (AvgIpc) is 3.29. The van der Waals surface area contributed by atoms with Crippen LogP contribution in [0, 0.1) is 6.92 Å². The number of nitrogens with zero attached hydrogens (tertiary/aromatic N) is 4. The number of pyridine rings is 1. The van der Waals surface area contributed by atoms with Gasteiger partial charge in [0.15, 0.2) is 0 Å². The van der Waals surface area contributed by atoms with Crippen molar-refractivity contribution in [3.05, 3.63) is 66.3 Å². The van der Waals surface area contributed by atoms with Gasteiger partial charge in [-0.05, 0) is 43.0 Å². The summed E-state index contributed by atoms with van der Waals surface area (Å²) >= 11 is 0. The normalized spacial score (nSPS) is 16.5. The topological polar surface area (TPSA) is 81.1 Å². The molecule has 180 valence electrons. The number of nitrogen functional groups attached to an aromatic ring is 1. The quantitative estimate of drug-likeness (QED) is 0.468. The Bertz CT molecular complexity index is 1120. The first-order chi connectivity index (χ1) is 16.5. The zero-order valence-corrected chi connectivity index (χ0v) is 20.5. The maximum atomic E-state index is 5.68. The minimum absolute atomic E-state index is 0.271. The van der Waals surface area contributed by atoms with E-state index in [0.29, 0.717) is 6.04 Å². The molecule has 3 N–H and O–H groups in total. The van der Waals surface area contributed by atoms with Crippen molar-refractivity contribution in [3.63, 3.8) is 0 Å². The Labute approximate surface area is 203 Å². The largest absolute Gasteiger partial charge is 0.382 e. The molecule has 3 heterocycles. The van der Waals surface area contributed by atoms with Gasteiger partial charge in [0.25, 0.3) is 0 Å². The highest BCUT2D eigenvalue weighted by Gasteiger charge is 2.17. The number of aromatic nitrogens is 4. The fourth-order valence-electron chi connectivity index (χ4n) is 4.97. The van der Waals surface area contributed by atoms with Crippen LogP contribution < -0.4 is 11.1 Å². The van der Waals surface area contributed by atoms with E-state index in [9.17, 15) is 0 Å². The fourth-order valence-corrected chi connectivity index (χ4v) is 4.97. The summed E-state index contributed by atoms with van der Waals surface area (Å²) in [6, 6.07) is 4.59. The molecular formula is C28H38N6. The van der Waals surface area contributed by atoms with Crippen molar-refractivity contribution in [2.24, 2.45) is 0 Å². The highest BCUT2D eigenvalue weighted by Crippen LogP contribution is 2.27. The van der Waals surface area contributed by atoms with Crippen LogP contribution in [0.15, 0.2) is 43.9 Å². The van der Waals surface area contributed by atoms with Crippen LogP contribution in [0.4, 0.5) is 5.95 Å². The number of nitrogens with two attached hydrogens (primary N) is 1. The van der Waals surface area contributed by atoms with Crippen molar-refractivity contribution in [1.82, 2.24) is 24.9 Å². The minimum atomic E-state index is 0.271. The number of hydrogen-bond donors (Lipinski definition) is 2. The van der Waals surface area contributed by atoms with Gasteiger partial charge in [0.05, 0.1) is 17.4 Å². The molecule has 0 saturated heterocycles. The van der Waals surface area contributed by atoms with E-state index in [-0.39, 0.29) is 5.95 Å². The average molecular weight is 459 g/mol. The van der Waals surface area contributed by atoms with E-state index in [1.54, 1.807) is 6.20 Å². The molecule has 0 unspecified atom stereocenters. The smallest absolute Gasteiger partial charge is 0.220 e. The Morgan fingerprint density at radius 3 is 2.26 bits per heavy atom. The lowest BCUT2D eigenvalue weighted by Gasteiger charge is -2.24. The van der Waals surface area contributed by atoms with E-state index < -0.39 is 0 Å². The third-order valence-electron chi connectivity index (χ3n) is 7.00. The molecule has 34 heavy (non-hydrogen) atoms. The van der Waals surface area contributed by atoms with Gasteiger partial charge >= 0.3 is 0 Å². The second kappa shape index (κ2) is 11.3. The molecule has 2 aliphatic carbocycles. The summed E-state index contributed by atoms with van der Waals surface area (Å²) in [5, 5.41) is 8.09. The lowest BCUT2D eigenvalue weighted by atomic mass is 9.95. The lowest BCUT2D eigenvalue weighted by Crippen LogP contribution is -2.29. The van der Waals surface area contributed by atoms with Crippen molar-refractivity contribution in [2.75, 3.05) is 5.73 Å². The summed E-state index contributed by atoms with van der Waals surface area (Å²) in [5.74, 6) is 0.271. The number of nitrogens with one attached hydrogen (secondary N) is 1. The van der Waals surface area contributed by atoms with E-state index in [1.807, 2.05) is 29.9 Å². The Kier molecular flexibility index (Phi) is 7.99. The van der Waals surface area contributed by atoms with Crippen LogP contribution in [0.2, 0.25) is 0 Å². The number of rotatable bonds is 5. The summed E-state index contributed by atoms with van der Waals surface area (Å²) in [4.78, 5) is 8.36. The number of fused-ring (bicyclic) bond motifs is 1. The molecule has 0 atom stereocenters. The van der Waals surface area contributed by atoms with Crippen LogP contribution in [0.5, 0.6) is 0 Å². The predicted octanol–water partition coefficient (Wildman–Crippen LogP) is 6.31. The molecule has 6 nitrogen and oxygen atoms in total. The summed E-state index contributed by atoms with van der Waals surface area (Å²) in [6.45, 7) is 10.4. The van der Waals surface area contributed by atoms with Gasteiger partial charge in [-0.1, -0.05) is 70.9 Å². The number of hydrogen-bond acceptors (Lipinski definition) is 5. The van der Waals surface area contributed by atoms with Gasteiger partial charge in [-0.3, -0.25) is 0 Å². The van der Waals surface area contributed by atoms with Gasteiger partial charge in [-0.15, -0.1) is 0 Å². The van der Waals surface area contributed by atoms with Crippen LogP contribution in [0.25, 0.3) is 16.8 Å². The summed E-state index contributed by atoms with van der Waals surface area (Å²) < 4.78 is 1.87. The van der Waals surface area contributed by atoms with Crippen molar-refractivity contribution in [2.45, 2.75) is 83.6 Å². The molecule has 0 spiro atoms. The molecule has 2 aliphatic rings. The predicted molar refractivity (Wildman–Crippen MR) is 141 cm³/mol. The summed E-state index contributed by atoms with van der Waals surface area (Å²) in [6.07, 6.45) is 20.9. The van der Waals surface area contributed by atoms with Crippen LogP contribution in [0.3, 0.4) is 0 Å². The van der Waals surface area contributed by atoms with Crippen LogP contribution in [0.1, 0.15) is 93.0 Å². The first-order valence-corrected chi connectivity index (χ1v) is 12.7. The third kappa shape index (κ3) is 5.85. The first-order valence-electron chi connectivity index (χ1n) is 12.7. The van der Waals surface area contributed by atoms with Crippen LogP contribution >= 0.6 is 0 Å². The maximum absolute atomic E-state index is 5.68. The fraction of sp³-hybridized carbons (Fsp3) is 0.464. The molecule has 3 aromatic heterocycles. The molecular weight excluding hydrogens is 420 g/mol. The van der Waals surface area contributed by atoms with Crippen molar-refractivity contribution < 1.29 is 0 Å². The standard InChI is InChI=1S/C22H26N6.C6H12/c1-14(19-12-24-22(23)27-15(19)2)17-9-10-28-21(11-17)20(13-25-28)16(3)26-18-7-5-4-6-8-18;1-2-4-6-5-3-1/h9-13,18,26H,1,3-8H2,2H3,(H2,23,24,27);1-6H2. The van der Waals surface area contributed by atoms with Crippen molar-refractivity contribution in [1.29, 1.82) is 0 Å². The first kappa shape index (κ1) is 24.0. The molecule has 5 rings (SSSR count). The molecule has 0 amide bonds. The monoisotopic (exact) mass is 458 g/mol. The van der Waals surface area contributed by atoms with Crippen LogP contribution in [-0.2, 0) is 0 Å². The zero-order valence-electron chi connectivity index (χ0n) is 20.5. The zero-order chi connectivity index (χ0) is 23.9. The molecule has 3 aromatic rings. The summed E-state index contributed by atoms with van der Waals surface area (Å²) in [5.41, 5.74) is 12.2. The van der Waals surface area contributed by atoms with Gasteiger partial charge in [0, 0.05) is 35.3 Å². The van der Waals surface area contributed by atoms with Gasteiger partial charge in [-0.25, -0.2) is 14.5 Å². The van der Waals surface area contributed by atoms with E-state index in [0.717, 1.165) is 39.2 Å². The Morgan fingerprint density at radius 1 is 0.971 bits per heavy atom. The summed E-state index contributed by atoms with van der Waals surface area (Å²) in [7, 11) is 0. The highest BCUT2D eigenvalue weighted by atomic mass is 15.2. The molecule has 0 aliphatic heterocycles. The van der Waals surface area contributed by atoms with Gasteiger partial charge in [-0.2, -0.15) is 5.10 Å². The van der Waals surface area contributed by atoms with Gasteiger partial charge in [0.2, 0.25) is 5.95 Å². The minimum Gasteiger partial charge on any atom is -0.382 e. The Balaban J connectivity index is 0.000000398. The Morgan fingerprint density at radius 2 is 1.62 bits per heavy atom. The number of anilines is 1. The van der Waals surface area contributed by atoms with E-state index in [2.05, 4.69) is 39.6 Å². The SMILES string of the molecule is C1CCCCC1.C=C(c1ccn2ncc(C(=C)NC3CCCCC3)c2c1)c1cnc(N)nc1C. The van der Waals surface area contributed by atoms with E-state index in [4.69, 9.17) is 5.73 Å². The maximum Gasteiger partial charge on any atom is 0.220 e. The van der Waals surface area contributed by atoms with Crippen molar-refractivity contribution in [3.8, 4) is 0 Å². The van der Waals surface area contributed by atoms with Gasteiger partial charge in [0.1, 0.15) is 0 Å². The molecule has 6 heteroatoms. The van der Waals surface area contributed by atoms with E-state index in [1.165, 1.54) is 70.6 Å². The van der Waals surface area contributed by atoms with E-state index >= 15 is 0 Å². The Hall–Kier alpha value is -3.15. The van der Waals surface area contributed by atoms with Crippen molar-refractivity contribution >= 4 is 22.7 Å². The molecule has 2 fully saturated rings. The third-order valence-corrected chi connectivity index (χ3v) is 7.00. The molecule has 0 radical (unpaired) electrons. The molecule has 2 saturated carbocycles.